The van der Waals surface area contributed by atoms with Crippen LogP contribution in [0.1, 0.15) is 13.3 Å². The number of thioether (sulfide) groups is 1. The monoisotopic (exact) mass is 212 g/mol. The third-order valence-corrected chi connectivity index (χ3v) is 3.08. The van der Waals surface area contributed by atoms with Crippen molar-refractivity contribution in [2.75, 3.05) is 0 Å². The van der Waals surface area contributed by atoms with Crippen molar-refractivity contribution >= 4 is 22.7 Å². The zero-order valence-electron chi connectivity index (χ0n) is 6.72. The van der Waals surface area contributed by atoms with Crippen molar-refractivity contribution in [1.82, 2.24) is 0 Å². The Morgan fingerprint density at radius 3 is 2.15 bits per heavy atom. The van der Waals surface area contributed by atoms with E-state index in [1.807, 2.05) is 0 Å². The van der Waals surface area contributed by atoms with Gasteiger partial charge in [-0.1, -0.05) is 18.7 Å². The third-order valence-electron chi connectivity index (χ3n) is 1.83. The fourth-order valence-corrected chi connectivity index (χ4v) is 2.24. The molecule has 1 heterocycles. The molecule has 2 nitrogen and oxygen atoms in total. The van der Waals surface area contributed by atoms with E-state index in [1.54, 1.807) is 0 Å². The number of alkyl halides is 3. The first-order valence-corrected chi connectivity index (χ1v) is 4.56. The van der Waals surface area contributed by atoms with Crippen molar-refractivity contribution in [2.45, 2.75) is 24.8 Å². The van der Waals surface area contributed by atoms with Crippen LogP contribution in [0.5, 0.6) is 0 Å². The summed E-state index contributed by atoms with van der Waals surface area (Å²) in [6, 6.07) is 0. The lowest BCUT2D eigenvalue weighted by atomic mass is 10.0. The van der Waals surface area contributed by atoms with Crippen molar-refractivity contribution < 1.29 is 22.8 Å². The van der Waals surface area contributed by atoms with Gasteiger partial charge in [0.15, 0.2) is 16.1 Å². The van der Waals surface area contributed by atoms with Gasteiger partial charge in [-0.3, -0.25) is 9.59 Å². The summed E-state index contributed by atoms with van der Waals surface area (Å²) in [6.07, 6.45) is -4.45. The molecular weight excluding hydrogens is 205 g/mol. The highest BCUT2D eigenvalue weighted by molar-refractivity contribution is 8.15. The van der Waals surface area contributed by atoms with Gasteiger partial charge in [-0.2, -0.15) is 13.2 Å². The summed E-state index contributed by atoms with van der Waals surface area (Å²) < 4.78 is 36.3. The van der Waals surface area contributed by atoms with E-state index in [1.165, 1.54) is 6.92 Å². The lowest BCUT2D eigenvalue weighted by Crippen LogP contribution is -2.32. The van der Waals surface area contributed by atoms with Crippen LogP contribution in [-0.4, -0.2) is 22.3 Å². The molecule has 0 aromatic carbocycles. The quantitative estimate of drug-likeness (QED) is 0.621. The molecule has 1 saturated heterocycles. The normalized spacial score (nSPS) is 29.8. The average Bonchev–Trinajstić information content (AvgIpc) is 2.25. The second-order valence-electron chi connectivity index (χ2n) is 2.72. The number of Topliss-reactive ketones (excluding diaryl/α,β-unsaturated/α-hetero) is 1. The fraction of sp³-hybridized carbons (Fsp3) is 0.714. The summed E-state index contributed by atoms with van der Waals surface area (Å²) in [5.74, 6) is -2.05. The molecule has 1 fully saturated rings. The number of hydrogen-bond donors (Lipinski definition) is 0. The van der Waals surface area contributed by atoms with Gasteiger partial charge in [0.05, 0.1) is 5.92 Å². The first-order chi connectivity index (χ1) is 5.88. The summed E-state index contributed by atoms with van der Waals surface area (Å²) in [5, 5.41) is -2.79. The second kappa shape index (κ2) is 3.32. The molecular formula is C7H7F3O2S. The molecule has 0 saturated carbocycles. The molecule has 0 bridgehead atoms. The minimum absolute atomic E-state index is 0.0998. The van der Waals surface area contributed by atoms with Gasteiger partial charge in [-0.25, -0.2) is 0 Å². The maximum absolute atomic E-state index is 12.1. The van der Waals surface area contributed by atoms with Gasteiger partial charge in [0, 0.05) is 0 Å². The van der Waals surface area contributed by atoms with Crippen molar-refractivity contribution in [3.8, 4) is 0 Å². The zero-order valence-corrected chi connectivity index (χ0v) is 7.54. The topological polar surface area (TPSA) is 34.1 Å². The summed E-state index contributed by atoms with van der Waals surface area (Å²) in [6.45, 7) is 1.53. The van der Waals surface area contributed by atoms with E-state index in [9.17, 15) is 22.8 Å². The Hall–Kier alpha value is -0.520. The van der Waals surface area contributed by atoms with Gasteiger partial charge in [0.25, 0.3) is 0 Å². The SMILES string of the molecule is CCC1C(=O)SC(C(F)(F)F)C1=O. The van der Waals surface area contributed by atoms with Crippen LogP contribution in [0.3, 0.4) is 0 Å². The van der Waals surface area contributed by atoms with Crippen LogP contribution in [0.25, 0.3) is 0 Å². The summed E-state index contributed by atoms with van der Waals surface area (Å²) in [7, 11) is 0. The molecule has 0 spiro atoms. The molecule has 13 heavy (non-hydrogen) atoms. The average molecular weight is 212 g/mol. The minimum atomic E-state index is -4.60. The van der Waals surface area contributed by atoms with Crippen molar-refractivity contribution in [3.05, 3.63) is 0 Å². The molecule has 74 valence electrons. The number of hydrogen-bond acceptors (Lipinski definition) is 3. The Balaban J connectivity index is 2.85. The Bertz CT molecular complexity index is 249. The molecule has 0 N–H and O–H groups in total. The molecule has 1 rings (SSSR count). The summed E-state index contributed by atoms with van der Waals surface area (Å²) in [5.41, 5.74) is 0. The predicted molar refractivity (Wildman–Crippen MR) is 41.2 cm³/mol. The number of carbonyl (C=O) groups is 2. The summed E-state index contributed by atoms with van der Waals surface area (Å²) >= 11 is 0.0998. The van der Waals surface area contributed by atoms with Crippen molar-refractivity contribution in [3.63, 3.8) is 0 Å². The van der Waals surface area contributed by atoms with Crippen LogP contribution in [-0.2, 0) is 9.59 Å². The third kappa shape index (κ3) is 1.87. The molecule has 6 heteroatoms. The molecule has 0 aromatic rings. The number of ketones is 1. The predicted octanol–water partition coefficient (Wildman–Crippen LogP) is 1.79. The highest BCUT2D eigenvalue weighted by Crippen LogP contribution is 2.41. The van der Waals surface area contributed by atoms with E-state index in [2.05, 4.69) is 0 Å². The largest absolute Gasteiger partial charge is 0.407 e. The first-order valence-electron chi connectivity index (χ1n) is 3.69. The Kier molecular flexibility index (Phi) is 2.70. The lowest BCUT2D eigenvalue weighted by Gasteiger charge is -2.10. The molecule has 2 atom stereocenters. The van der Waals surface area contributed by atoms with Crippen LogP contribution in [0, 0.1) is 5.92 Å². The van der Waals surface area contributed by atoms with Crippen LogP contribution in [0.2, 0.25) is 0 Å². The lowest BCUT2D eigenvalue weighted by molar-refractivity contribution is -0.149. The van der Waals surface area contributed by atoms with E-state index in [4.69, 9.17) is 0 Å². The molecule has 0 radical (unpaired) electrons. The first kappa shape index (κ1) is 10.6. The van der Waals surface area contributed by atoms with E-state index in [0.29, 0.717) is 0 Å². The molecule has 0 amide bonds. The van der Waals surface area contributed by atoms with Crippen LogP contribution in [0.15, 0.2) is 0 Å². The van der Waals surface area contributed by atoms with Crippen molar-refractivity contribution in [2.24, 2.45) is 5.92 Å². The number of halogens is 3. The molecule has 0 aliphatic carbocycles. The van der Waals surface area contributed by atoms with Gasteiger partial charge in [-0.15, -0.1) is 0 Å². The van der Waals surface area contributed by atoms with Gasteiger partial charge in [0.1, 0.15) is 0 Å². The minimum Gasteiger partial charge on any atom is -0.297 e. The van der Waals surface area contributed by atoms with Crippen molar-refractivity contribution in [1.29, 1.82) is 0 Å². The van der Waals surface area contributed by atoms with Crippen LogP contribution >= 0.6 is 11.8 Å². The van der Waals surface area contributed by atoms with Gasteiger partial charge in [0.2, 0.25) is 0 Å². The molecule has 2 unspecified atom stereocenters. The van der Waals surface area contributed by atoms with Gasteiger partial charge >= 0.3 is 6.18 Å². The Morgan fingerprint density at radius 1 is 1.38 bits per heavy atom. The number of rotatable bonds is 1. The maximum atomic E-state index is 12.1. The van der Waals surface area contributed by atoms with E-state index < -0.39 is 28.2 Å². The van der Waals surface area contributed by atoms with Gasteiger partial charge < -0.3 is 0 Å². The van der Waals surface area contributed by atoms with Gasteiger partial charge in [-0.05, 0) is 6.42 Å². The van der Waals surface area contributed by atoms with E-state index >= 15 is 0 Å². The standard InChI is InChI=1S/C7H7F3O2S/c1-2-3-4(11)5(7(8,9)10)13-6(3)12/h3,5H,2H2,1H3. The molecule has 1 aliphatic heterocycles. The summed E-state index contributed by atoms with van der Waals surface area (Å²) in [4.78, 5) is 21.9. The van der Waals surface area contributed by atoms with E-state index in [-0.39, 0.29) is 18.2 Å². The molecule has 1 aliphatic rings. The highest BCUT2D eigenvalue weighted by atomic mass is 32.2. The number of carbonyl (C=O) groups excluding carboxylic acids is 2. The van der Waals surface area contributed by atoms with E-state index in [0.717, 1.165) is 0 Å². The van der Waals surface area contributed by atoms with Crippen LogP contribution in [0.4, 0.5) is 13.2 Å². The maximum Gasteiger partial charge on any atom is 0.407 e. The fourth-order valence-electron chi connectivity index (χ4n) is 1.15. The smallest absolute Gasteiger partial charge is 0.297 e. The molecule has 0 aromatic heterocycles. The van der Waals surface area contributed by atoms with Crippen LogP contribution < -0.4 is 0 Å². The second-order valence-corrected chi connectivity index (χ2v) is 3.83. The highest BCUT2D eigenvalue weighted by Gasteiger charge is 2.54. The Morgan fingerprint density at radius 2 is 1.92 bits per heavy atom. The Labute approximate surface area is 76.9 Å². The zero-order chi connectivity index (χ0) is 10.2.